The van der Waals surface area contributed by atoms with Crippen molar-refractivity contribution in [2.24, 2.45) is 5.92 Å². The SMILES string of the molecule is CC(Cl)CCC1CCOC2(CCOC2)C1. The fourth-order valence-electron chi connectivity index (χ4n) is 2.70. The summed E-state index contributed by atoms with van der Waals surface area (Å²) >= 11 is 5.99. The Balaban J connectivity index is 1.81. The molecule has 2 aliphatic rings. The molecule has 2 nitrogen and oxygen atoms in total. The van der Waals surface area contributed by atoms with E-state index in [1.54, 1.807) is 0 Å². The van der Waals surface area contributed by atoms with Crippen molar-refractivity contribution in [1.82, 2.24) is 0 Å². The molecule has 88 valence electrons. The molecule has 0 aromatic carbocycles. The lowest BCUT2D eigenvalue weighted by Gasteiger charge is -2.37. The van der Waals surface area contributed by atoms with Crippen LogP contribution in [0.3, 0.4) is 0 Å². The molecule has 0 aromatic heterocycles. The molecule has 2 saturated heterocycles. The van der Waals surface area contributed by atoms with Gasteiger partial charge in [-0.2, -0.15) is 0 Å². The minimum Gasteiger partial charge on any atom is -0.378 e. The fourth-order valence-corrected chi connectivity index (χ4v) is 2.83. The highest BCUT2D eigenvalue weighted by molar-refractivity contribution is 6.20. The minimum atomic E-state index is 0.0679. The molecule has 3 atom stereocenters. The Kier molecular flexibility index (Phi) is 3.92. The molecule has 0 saturated carbocycles. The van der Waals surface area contributed by atoms with Crippen molar-refractivity contribution in [1.29, 1.82) is 0 Å². The van der Waals surface area contributed by atoms with E-state index in [0.29, 0.717) is 5.38 Å². The summed E-state index contributed by atoms with van der Waals surface area (Å²) in [5.74, 6) is 0.793. The zero-order valence-corrected chi connectivity index (χ0v) is 10.3. The van der Waals surface area contributed by atoms with Crippen molar-refractivity contribution in [3.63, 3.8) is 0 Å². The van der Waals surface area contributed by atoms with Crippen molar-refractivity contribution in [3.8, 4) is 0 Å². The maximum Gasteiger partial charge on any atom is 0.0939 e. The molecule has 0 aliphatic carbocycles. The monoisotopic (exact) mass is 232 g/mol. The molecule has 0 bridgehead atoms. The van der Waals surface area contributed by atoms with Crippen LogP contribution < -0.4 is 0 Å². The van der Waals surface area contributed by atoms with Crippen LogP contribution in [-0.2, 0) is 9.47 Å². The summed E-state index contributed by atoms with van der Waals surface area (Å²) in [6, 6.07) is 0. The van der Waals surface area contributed by atoms with Crippen LogP contribution in [0, 0.1) is 5.92 Å². The van der Waals surface area contributed by atoms with E-state index in [9.17, 15) is 0 Å². The number of hydrogen-bond acceptors (Lipinski definition) is 2. The molecular weight excluding hydrogens is 212 g/mol. The fraction of sp³-hybridized carbons (Fsp3) is 1.00. The first kappa shape index (κ1) is 11.7. The molecule has 2 fully saturated rings. The second-order valence-electron chi connectivity index (χ2n) is 5.05. The predicted molar refractivity (Wildman–Crippen MR) is 61.4 cm³/mol. The lowest BCUT2D eigenvalue weighted by molar-refractivity contribution is -0.0989. The van der Waals surface area contributed by atoms with Crippen LogP contribution in [-0.4, -0.2) is 30.8 Å². The van der Waals surface area contributed by atoms with E-state index in [2.05, 4.69) is 6.92 Å². The van der Waals surface area contributed by atoms with Crippen molar-refractivity contribution in [2.45, 2.75) is 50.0 Å². The van der Waals surface area contributed by atoms with E-state index < -0.39 is 0 Å². The average Bonchev–Trinajstić information content (AvgIpc) is 2.63. The Hall–Kier alpha value is 0.210. The molecular formula is C12H21ClO2. The number of ether oxygens (including phenoxy) is 2. The molecule has 0 N–H and O–H groups in total. The van der Waals surface area contributed by atoms with Crippen molar-refractivity contribution < 1.29 is 9.47 Å². The Labute approximate surface area is 97.3 Å². The highest BCUT2D eigenvalue weighted by atomic mass is 35.5. The number of halogens is 1. The van der Waals surface area contributed by atoms with Gasteiger partial charge in [0, 0.05) is 25.0 Å². The van der Waals surface area contributed by atoms with Gasteiger partial charge in [-0.15, -0.1) is 11.6 Å². The molecule has 2 aliphatic heterocycles. The van der Waals surface area contributed by atoms with Crippen molar-refractivity contribution in [2.75, 3.05) is 19.8 Å². The zero-order valence-electron chi connectivity index (χ0n) is 9.51. The Morgan fingerprint density at radius 2 is 2.33 bits per heavy atom. The van der Waals surface area contributed by atoms with E-state index in [-0.39, 0.29) is 5.60 Å². The third-order valence-electron chi connectivity index (χ3n) is 3.63. The van der Waals surface area contributed by atoms with E-state index in [4.69, 9.17) is 21.1 Å². The van der Waals surface area contributed by atoms with Gasteiger partial charge in [0.05, 0.1) is 12.2 Å². The highest BCUT2D eigenvalue weighted by Gasteiger charge is 2.40. The van der Waals surface area contributed by atoms with Gasteiger partial charge >= 0.3 is 0 Å². The van der Waals surface area contributed by atoms with Gasteiger partial charge in [-0.25, -0.2) is 0 Å². The Morgan fingerprint density at radius 1 is 1.47 bits per heavy atom. The molecule has 3 heteroatoms. The average molecular weight is 233 g/mol. The quantitative estimate of drug-likeness (QED) is 0.697. The second kappa shape index (κ2) is 5.03. The summed E-state index contributed by atoms with van der Waals surface area (Å²) in [6.07, 6.45) is 5.83. The first-order valence-corrected chi connectivity index (χ1v) is 6.50. The molecule has 1 spiro atoms. The zero-order chi connectivity index (χ0) is 10.7. The Morgan fingerprint density at radius 3 is 3.00 bits per heavy atom. The molecule has 0 aromatic rings. The van der Waals surface area contributed by atoms with Gasteiger partial charge in [-0.3, -0.25) is 0 Å². The maximum absolute atomic E-state index is 5.99. The minimum absolute atomic E-state index is 0.0679. The maximum atomic E-state index is 5.99. The number of hydrogen-bond donors (Lipinski definition) is 0. The normalized spacial score (nSPS) is 38.4. The van der Waals surface area contributed by atoms with Crippen molar-refractivity contribution in [3.05, 3.63) is 0 Å². The lowest BCUT2D eigenvalue weighted by Crippen LogP contribution is -2.40. The summed E-state index contributed by atoms with van der Waals surface area (Å²) in [5.41, 5.74) is 0.0679. The van der Waals surface area contributed by atoms with Gasteiger partial charge in [0.25, 0.3) is 0 Å². The Bertz CT molecular complexity index is 200. The summed E-state index contributed by atoms with van der Waals surface area (Å²) in [7, 11) is 0. The summed E-state index contributed by atoms with van der Waals surface area (Å²) < 4.78 is 11.4. The first-order chi connectivity index (χ1) is 7.20. The van der Waals surface area contributed by atoms with Crippen LogP contribution >= 0.6 is 11.6 Å². The van der Waals surface area contributed by atoms with Gasteiger partial charge < -0.3 is 9.47 Å². The molecule has 2 rings (SSSR count). The van der Waals surface area contributed by atoms with E-state index in [1.165, 1.54) is 19.3 Å². The second-order valence-corrected chi connectivity index (χ2v) is 5.80. The largest absolute Gasteiger partial charge is 0.378 e. The topological polar surface area (TPSA) is 18.5 Å². The molecule has 2 heterocycles. The van der Waals surface area contributed by atoms with E-state index in [1.807, 2.05) is 0 Å². The van der Waals surface area contributed by atoms with E-state index >= 15 is 0 Å². The van der Waals surface area contributed by atoms with Crippen LogP contribution in [0.15, 0.2) is 0 Å². The highest BCUT2D eigenvalue weighted by Crippen LogP contribution is 2.37. The molecule has 3 unspecified atom stereocenters. The number of alkyl halides is 1. The third-order valence-corrected chi connectivity index (χ3v) is 3.85. The first-order valence-electron chi connectivity index (χ1n) is 6.06. The van der Waals surface area contributed by atoms with Gasteiger partial charge in [-0.05, 0) is 38.5 Å². The lowest BCUT2D eigenvalue weighted by atomic mass is 9.82. The summed E-state index contributed by atoms with van der Waals surface area (Å²) in [6.45, 7) is 4.67. The van der Waals surface area contributed by atoms with Gasteiger partial charge in [0.1, 0.15) is 0 Å². The van der Waals surface area contributed by atoms with Crippen LogP contribution in [0.2, 0.25) is 0 Å². The predicted octanol–water partition coefficient (Wildman–Crippen LogP) is 2.98. The molecule has 0 radical (unpaired) electrons. The van der Waals surface area contributed by atoms with Crippen LogP contribution in [0.5, 0.6) is 0 Å². The number of rotatable bonds is 3. The molecule has 15 heavy (non-hydrogen) atoms. The van der Waals surface area contributed by atoms with Crippen LogP contribution in [0.4, 0.5) is 0 Å². The smallest absolute Gasteiger partial charge is 0.0939 e. The van der Waals surface area contributed by atoms with Gasteiger partial charge in [0.2, 0.25) is 0 Å². The molecule has 0 amide bonds. The third kappa shape index (κ3) is 3.08. The summed E-state index contributed by atoms with van der Waals surface area (Å²) in [5, 5.41) is 0.309. The van der Waals surface area contributed by atoms with Gasteiger partial charge in [-0.1, -0.05) is 0 Å². The van der Waals surface area contributed by atoms with Gasteiger partial charge in [0.15, 0.2) is 0 Å². The van der Waals surface area contributed by atoms with Crippen LogP contribution in [0.25, 0.3) is 0 Å². The van der Waals surface area contributed by atoms with Crippen molar-refractivity contribution >= 4 is 11.6 Å². The van der Waals surface area contributed by atoms with E-state index in [0.717, 1.165) is 38.6 Å². The standard InChI is InChI=1S/C12H21ClO2/c1-10(13)2-3-11-4-6-15-12(8-11)5-7-14-9-12/h10-11H,2-9H2,1H3. The van der Waals surface area contributed by atoms with Crippen LogP contribution in [0.1, 0.15) is 39.0 Å². The summed E-state index contributed by atoms with van der Waals surface area (Å²) in [4.78, 5) is 0.